The van der Waals surface area contributed by atoms with Crippen molar-refractivity contribution in [2.45, 2.75) is 33.4 Å². The first-order valence-electron chi connectivity index (χ1n) is 5.30. The fourth-order valence-electron chi connectivity index (χ4n) is 1.36. The predicted octanol–water partition coefficient (Wildman–Crippen LogP) is 2.33. The van der Waals surface area contributed by atoms with Gasteiger partial charge < -0.3 is 15.2 Å². The number of para-hydroxylation sites is 1. The predicted molar refractivity (Wildman–Crippen MR) is 61.3 cm³/mol. The van der Waals surface area contributed by atoms with Gasteiger partial charge >= 0.3 is 0 Å². The summed E-state index contributed by atoms with van der Waals surface area (Å²) in [4.78, 5) is 0. The molecule has 0 bridgehead atoms. The van der Waals surface area contributed by atoms with Crippen LogP contribution in [0.1, 0.15) is 26.3 Å². The maximum atomic E-state index is 5.71. The number of ether oxygens (including phenoxy) is 2. The van der Waals surface area contributed by atoms with E-state index in [-0.39, 0.29) is 6.10 Å². The van der Waals surface area contributed by atoms with Crippen molar-refractivity contribution in [3.05, 3.63) is 23.8 Å². The van der Waals surface area contributed by atoms with Gasteiger partial charge in [-0.2, -0.15) is 0 Å². The molecule has 0 heterocycles. The van der Waals surface area contributed by atoms with Crippen LogP contribution in [-0.2, 0) is 6.54 Å². The summed E-state index contributed by atoms with van der Waals surface area (Å²) in [5.41, 5.74) is 6.64. The molecule has 0 unspecified atom stereocenters. The zero-order chi connectivity index (χ0) is 11.3. The van der Waals surface area contributed by atoms with E-state index in [1.54, 1.807) is 0 Å². The van der Waals surface area contributed by atoms with Crippen LogP contribution < -0.4 is 15.2 Å². The van der Waals surface area contributed by atoms with Crippen LogP contribution in [0.15, 0.2) is 18.2 Å². The Morgan fingerprint density at radius 2 is 2.07 bits per heavy atom. The molecule has 0 aromatic heterocycles. The van der Waals surface area contributed by atoms with Crippen LogP contribution in [0.4, 0.5) is 0 Å². The normalized spacial score (nSPS) is 10.5. The van der Waals surface area contributed by atoms with Gasteiger partial charge in [0, 0.05) is 12.1 Å². The highest BCUT2D eigenvalue weighted by Crippen LogP contribution is 2.31. The fourth-order valence-corrected chi connectivity index (χ4v) is 1.36. The van der Waals surface area contributed by atoms with Crippen molar-refractivity contribution < 1.29 is 9.47 Å². The van der Waals surface area contributed by atoms with E-state index in [1.165, 1.54) is 0 Å². The van der Waals surface area contributed by atoms with Crippen molar-refractivity contribution in [2.75, 3.05) is 6.61 Å². The van der Waals surface area contributed by atoms with Crippen LogP contribution in [0.25, 0.3) is 0 Å². The molecule has 1 aromatic carbocycles. The first kappa shape index (κ1) is 11.9. The van der Waals surface area contributed by atoms with E-state index < -0.39 is 0 Å². The lowest BCUT2D eigenvalue weighted by molar-refractivity contribution is 0.221. The molecule has 1 aromatic rings. The zero-order valence-electron chi connectivity index (χ0n) is 9.62. The summed E-state index contributed by atoms with van der Waals surface area (Å²) < 4.78 is 11.2. The first-order chi connectivity index (χ1) is 7.19. The molecule has 0 spiro atoms. The molecule has 0 saturated heterocycles. The lowest BCUT2D eigenvalue weighted by Crippen LogP contribution is -2.11. The van der Waals surface area contributed by atoms with Crippen LogP contribution in [-0.4, -0.2) is 12.7 Å². The summed E-state index contributed by atoms with van der Waals surface area (Å²) in [6.45, 7) is 7.02. The van der Waals surface area contributed by atoms with Crippen molar-refractivity contribution in [3.63, 3.8) is 0 Å². The van der Waals surface area contributed by atoms with Gasteiger partial charge in [-0.3, -0.25) is 0 Å². The summed E-state index contributed by atoms with van der Waals surface area (Å²) >= 11 is 0. The minimum absolute atomic E-state index is 0.122. The Labute approximate surface area is 91.2 Å². The third kappa shape index (κ3) is 3.13. The quantitative estimate of drug-likeness (QED) is 0.809. The molecule has 3 nitrogen and oxygen atoms in total. The molecule has 0 atom stereocenters. The van der Waals surface area contributed by atoms with Gasteiger partial charge in [-0.1, -0.05) is 12.1 Å². The number of nitrogens with two attached hydrogens (primary N) is 1. The van der Waals surface area contributed by atoms with Crippen LogP contribution in [0.2, 0.25) is 0 Å². The largest absolute Gasteiger partial charge is 0.490 e. The van der Waals surface area contributed by atoms with Crippen molar-refractivity contribution in [1.29, 1.82) is 0 Å². The standard InChI is InChI=1S/C12H19NO2/c1-4-14-11-7-5-6-10(8-13)12(11)15-9(2)3/h5-7,9H,4,8,13H2,1-3H3. The molecule has 3 heteroatoms. The van der Waals surface area contributed by atoms with E-state index in [1.807, 2.05) is 39.0 Å². The minimum Gasteiger partial charge on any atom is -0.490 e. The number of hydrogen-bond donors (Lipinski definition) is 1. The van der Waals surface area contributed by atoms with Gasteiger partial charge in [-0.15, -0.1) is 0 Å². The molecule has 0 saturated carbocycles. The molecule has 84 valence electrons. The number of benzene rings is 1. The second-order valence-corrected chi connectivity index (χ2v) is 3.55. The van der Waals surface area contributed by atoms with Gasteiger partial charge in [0.25, 0.3) is 0 Å². The molecule has 0 fully saturated rings. The number of hydrogen-bond acceptors (Lipinski definition) is 3. The Hall–Kier alpha value is -1.22. The average molecular weight is 209 g/mol. The molecule has 0 amide bonds. The smallest absolute Gasteiger partial charge is 0.166 e. The maximum absolute atomic E-state index is 5.71. The van der Waals surface area contributed by atoms with Gasteiger partial charge in [0.1, 0.15) is 0 Å². The molecule has 0 radical (unpaired) electrons. The van der Waals surface area contributed by atoms with Crippen molar-refractivity contribution in [1.82, 2.24) is 0 Å². The van der Waals surface area contributed by atoms with Crippen molar-refractivity contribution >= 4 is 0 Å². The summed E-state index contributed by atoms with van der Waals surface area (Å²) in [5.74, 6) is 1.55. The van der Waals surface area contributed by atoms with E-state index in [0.717, 1.165) is 17.1 Å². The topological polar surface area (TPSA) is 44.5 Å². The fraction of sp³-hybridized carbons (Fsp3) is 0.500. The highest BCUT2D eigenvalue weighted by molar-refractivity contribution is 5.46. The molecule has 2 N–H and O–H groups in total. The van der Waals surface area contributed by atoms with E-state index in [9.17, 15) is 0 Å². The Balaban J connectivity index is 3.02. The highest BCUT2D eigenvalue weighted by atomic mass is 16.5. The maximum Gasteiger partial charge on any atom is 0.166 e. The third-order valence-electron chi connectivity index (χ3n) is 1.93. The van der Waals surface area contributed by atoms with Gasteiger partial charge in [-0.25, -0.2) is 0 Å². The van der Waals surface area contributed by atoms with Crippen molar-refractivity contribution in [3.8, 4) is 11.5 Å². The van der Waals surface area contributed by atoms with Gasteiger partial charge in [0.05, 0.1) is 12.7 Å². The molecular formula is C12H19NO2. The second kappa shape index (κ2) is 5.61. The highest BCUT2D eigenvalue weighted by Gasteiger charge is 2.10. The van der Waals surface area contributed by atoms with Crippen molar-refractivity contribution in [2.24, 2.45) is 5.73 Å². The van der Waals surface area contributed by atoms with E-state index in [2.05, 4.69) is 0 Å². The third-order valence-corrected chi connectivity index (χ3v) is 1.93. The van der Waals surface area contributed by atoms with Gasteiger partial charge in [-0.05, 0) is 26.8 Å². The molecule has 0 aliphatic rings. The molecule has 1 rings (SSSR count). The first-order valence-corrected chi connectivity index (χ1v) is 5.30. The zero-order valence-corrected chi connectivity index (χ0v) is 9.62. The summed E-state index contributed by atoms with van der Waals surface area (Å²) in [6, 6.07) is 5.79. The van der Waals surface area contributed by atoms with E-state index >= 15 is 0 Å². The van der Waals surface area contributed by atoms with Gasteiger partial charge in [0.15, 0.2) is 11.5 Å². The Morgan fingerprint density at radius 3 is 2.60 bits per heavy atom. The average Bonchev–Trinajstić information content (AvgIpc) is 2.20. The second-order valence-electron chi connectivity index (χ2n) is 3.55. The van der Waals surface area contributed by atoms with Crippen LogP contribution in [0, 0.1) is 0 Å². The monoisotopic (exact) mass is 209 g/mol. The van der Waals surface area contributed by atoms with Crippen LogP contribution in [0.3, 0.4) is 0 Å². The Morgan fingerprint density at radius 1 is 1.33 bits per heavy atom. The van der Waals surface area contributed by atoms with Gasteiger partial charge in [0.2, 0.25) is 0 Å². The van der Waals surface area contributed by atoms with E-state index in [4.69, 9.17) is 15.2 Å². The SMILES string of the molecule is CCOc1cccc(CN)c1OC(C)C. The molecule has 0 aliphatic carbocycles. The molecule has 0 aliphatic heterocycles. The summed E-state index contributed by atoms with van der Waals surface area (Å²) in [7, 11) is 0. The molecular weight excluding hydrogens is 190 g/mol. The number of rotatable bonds is 5. The van der Waals surface area contributed by atoms with Crippen LogP contribution >= 0.6 is 0 Å². The Kier molecular flexibility index (Phi) is 4.43. The molecule has 15 heavy (non-hydrogen) atoms. The summed E-state index contributed by atoms with van der Waals surface area (Å²) in [5, 5.41) is 0. The van der Waals surface area contributed by atoms with E-state index in [0.29, 0.717) is 13.2 Å². The van der Waals surface area contributed by atoms with Crippen LogP contribution in [0.5, 0.6) is 11.5 Å². The lowest BCUT2D eigenvalue weighted by Gasteiger charge is -2.17. The lowest BCUT2D eigenvalue weighted by atomic mass is 10.2. The summed E-state index contributed by atoms with van der Waals surface area (Å²) in [6.07, 6.45) is 0.122. The Bertz CT molecular complexity index is 310. The minimum atomic E-state index is 0.122.